The summed E-state index contributed by atoms with van der Waals surface area (Å²) in [5, 5.41) is 12.0. The minimum Gasteiger partial charge on any atom is -0.481 e. The SMILES string of the molecule is CCN(CC(C)C)c1nc(C(C)(C)C(=O)O)cs1. The first-order valence-corrected chi connectivity index (χ1v) is 7.11. The fraction of sp³-hybridized carbons (Fsp3) is 0.692. The molecule has 102 valence electrons. The monoisotopic (exact) mass is 270 g/mol. The highest BCUT2D eigenvalue weighted by Gasteiger charge is 2.32. The molecule has 4 nitrogen and oxygen atoms in total. The summed E-state index contributed by atoms with van der Waals surface area (Å²) in [6.45, 7) is 11.6. The van der Waals surface area contributed by atoms with Crippen LogP contribution < -0.4 is 4.90 Å². The molecular weight excluding hydrogens is 248 g/mol. The standard InChI is InChI=1S/C13H22N2O2S/c1-6-15(7-9(2)3)12-14-10(8-18-12)13(4,5)11(16)17/h8-9H,6-7H2,1-5H3,(H,16,17). The number of carboxylic acid groups (broad SMARTS) is 1. The third kappa shape index (κ3) is 3.22. The van der Waals surface area contributed by atoms with E-state index in [0.29, 0.717) is 11.6 Å². The second-order valence-electron chi connectivity index (χ2n) is 5.38. The summed E-state index contributed by atoms with van der Waals surface area (Å²) in [6, 6.07) is 0. The number of hydrogen-bond acceptors (Lipinski definition) is 4. The zero-order valence-corrected chi connectivity index (χ0v) is 12.5. The van der Waals surface area contributed by atoms with Crippen molar-refractivity contribution in [2.45, 2.75) is 40.0 Å². The number of anilines is 1. The van der Waals surface area contributed by atoms with Crippen molar-refractivity contribution in [3.05, 3.63) is 11.1 Å². The van der Waals surface area contributed by atoms with E-state index in [1.807, 2.05) is 5.38 Å². The molecule has 0 aliphatic heterocycles. The first-order chi connectivity index (χ1) is 8.28. The second kappa shape index (κ2) is 5.69. The van der Waals surface area contributed by atoms with E-state index in [1.54, 1.807) is 13.8 Å². The Kier molecular flexibility index (Phi) is 4.73. The third-order valence-electron chi connectivity index (χ3n) is 2.90. The van der Waals surface area contributed by atoms with E-state index >= 15 is 0 Å². The molecule has 0 unspecified atom stereocenters. The quantitative estimate of drug-likeness (QED) is 0.863. The van der Waals surface area contributed by atoms with E-state index in [0.717, 1.165) is 18.2 Å². The van der Waals surface area contributed by atoms with Crippen LogP contribution in [0.25, 0.3) is 0 Å². The zero-order chi connectivity index (χ0) is 13.9. The molecule has 1 aromatic heterocycles. The highest BCUT2D eigenvalue weighted by atomic mass is 32.1. The van der Waals surface area contributed by atoms with Gasteiger partial charge in [0, 0.05) is 18.5 Å². The molecular formula is C13H22N2O2S. The summed E-state index contributed by atoms with van der Waals surface area (Å²) in [4.78, 5) is 17.9. The Balaban J connectivity index is 2.94. The number of thiazole rings is 1. The van der Waals surface area contributed by atoms with Crippen molar-refractivity contribution in [3.8, 4) is 0 Å². The van der Waals surface area contributed by atoms with E-state index in [-0.39, 0.29) is 0 Å². The second-order valence-corrected chi connectivity index (χ2v) is 6.21. The van der Waals surface area contributed by atoms with E-state index < -0.39 is 11.4 Å². The smallest absolute Gasteiger partial charge is 0.315 e. The Labute approximate surface area is 113 Å². The van der Waals surface area contributed by atoms with Crippen molar-refractivity contribution in [1.29, 1.82) is 0 Å². The average molecular weight is 270 g/mol. The van der Waals surface area contributed by atoms with Gasteiger partial charge in [0.25, 0.3) is 0 Å². The molecule has 1 aromatic rings. The van der Waals surface area contributed by atoms with E-state index in [1.165, 1.54) is 11.3 Å². The van der Waals surface area contributed by atoms with Crippen LogP contribution in [0.15, 0.2) is 5.38 Å². The zero-order valence-electron chi connectivity index (χ0n) is 11.7. The van der Waals surface area contributed by atoms with Gasteiger partial charge in [-0.05, 0) is 26.7 Å². The minimum atomic E-state index is -0.925. The summed E-state index contributed by atoms with van der Waals surface area (Å²) >= 11 is 1.52. The summed E-state index contributed by atoms with van der Waals surface area (Å²) < 4.78 is 0. The number of rotatable bonds is 6. The Morgan fingerprint density at radius 1 is 1.56 bits per heavy atom. The number of hydrogen-bond donors (Lipinski definition) is 1. The van der Waals surface area contributed by atoms with Crippen LogP contribution in [0.1, 0.15) is 40.3 Å². The minimum absolute atomic E-state index is 0.560. The molecule has 5 heteroatoms. The maximum absolute atomic E-state index is 11.2. The van der Waals surface area contributed by atoms with Crippen LogP contribution in [0.2, 0.25) is 0 Å². The van der Waals surface area contributed by atoms with Gasteiger partial charge < -0.3 is 10.0 Å². The van der Waals surface area contributed by atoms with Gasteiger partial charge in [-0.2, -0.15) is 0 Å². The molecule has 0 saturated carbocycles. The van der Waals surface area contributed by atoms with Gasteiger partial charge in [-0.25, -0.2) is 4.98 Å². The fourth-order valence-electron chi connectivity index (χ4n) is 1.59. The Morgan fingerprint density at radius 2 is 2.17 bits per heavy atom. The van der Waals surface area contributed by atoms with E-state index in [9.17, 15) is 9.90 Å². The van der Waals surface area contributed by atoms with Crippen LogP contribution in [-0.4, -0.2) is 29.1 Å². The third-order valence-corrected chi connectivity index (χ3v) is 3.81. The molecule has 0 spiro atoms. The molecule has 0 saturated heterocycles. The highest BCUT2D eigenvalue weighted by Crippen LogP contribution is 2.29. The lowest BCUT2D eigenvalue weighted by Crippen LogP contribution is -2.30. The molecule has 0 aliphatic carbocycles. The molecule has 1 heterocycles. The van der Waals surface area contributed by atoms with Gasteiger partial charge in [-0.15, -0.1) is 11.3 Å². The maximum Gasteiger partial charge on any atom is 0.315 e. The van der Waals surface area contributed by atoms with Crippen LogP contribution in [0.5, 0.6) is 0 Å². The van der Waals surface area contributed by atoms with Gasteiger partial charge in [-0.1, -0.05) is 13.8 Å². The van der Waals surface area contributed by atoms with E-state index in [2.05, 4.69) is 30.7 Å². The van der Waals surface area contributed by atoms with Gasteiger partial charge in [0.05, 0.1) is 5.69 Å². The molecule has 0 aromatic carbocycles. The van der Waals surface area contributed by atoms with Crippen molar-refractivity contribution in [3.63, 3.8) is 0 Å². The Morgan fingerprint density at radius 3 is 2.61 bits per heavy atom. The van der Waals surface area contributed by atoms with Crippen molar-refractivity contribution < 1.29 is 9.90 Å². The number of aliphatic carboxylic acids is 1. The summed E-state index contributed by atoms with van der Waals surface area (Å²) in [5.74, 6) is -0.281. The van der Waals surface area contributed by atoms with Gasteiger partial charge in [-0.3, -0.25) is 4.79 Å². The van der Waals surface area contributed by atoms with Gasteiger partial charge in [0.2, 0.25) is 0 Å². The van der Waals surface area contributed by atoms with Crippen molar-refractivity contribution in [2.24, 2.45) is 5.92 Å². The normalized spacial score (nSPS) is 11.9. The number of carboxylic acids is 1. The van der Waals surface area contributed by atoms with Gasteiger partial charge in [0.1, 0.15) is 5.41 Å². The fourth-order valence-corrected chi connectivity index (χ4v) is 2.66. The summed E-state index contributed by atoms with van der Waals surface area (Å²) in [5.41, 5.74) is -0.288. The first-order valence-electron chi connectivity index (χ1n) is 6.23. The first kappa shape index (κ1) is 15.0. The molecule has 0 radical (unpaired) electrons. The molecule has 0 bridgehead atoms. The van der Waals surface area contributed by atoms with Crippen LogP contribution in [0.3, 0.4) is 0 Å². The maximum atomic E-state index is 11.2. The topological polar surface area (TPSA) is 53.4 Å². The molecule has 0 aliphatic rings. The molecule has 0 atom stereocenters. The number of carbonyl (C=O) groups is 1. The van der Waals surface area contributed by atoms with Crippen molar-refractivity contribution >= 4 is 22.4 Å². The lowest BCUT2D eigenvalue weighted by Gasteiger charge is -2.22. The van der Waals surface area contributed by atoms with Crippen LogP contribution >= 0.6 is 11.3 Å². The van der Waals surface area contributed by atoms with Gasteiger partial charge >= 0.3 is 5.97 Å². The van der Waals surface area contributed by atoms with E-state index in [4.69, 9.17) is 0 Å². The molecule has 0 amide bonds. The average Bonchev–Trinajstić information content (AvgIpc) is 2.74. The molecule has 1 N–H and O–H groups in total. The predicted octanol–water partition coefficient (Wildman–Crippen LogP) is 2.99. The van der Waals surface area contributed by atoms with Crippen LogP contribution in [0.4, 0.5) is 5.13 Å². The lowest BCUT2D eigenvalue weighted by molar-refractivity contribution is -0.142. The number of nitrogens with zero attached hydrogens (tertiary/aromatic N) is 2. The van der Waals surface area contributed by atoms with Crippen molar-refractivity contribution in [1.82, 2.24) is 4.98 Å². The van der Waals surface area contributed by atoms with Crippen LogP contribution in [-0.2, 0) is 10.2 Å². The largest absolute Gasteiger partial charge is 0.481 e. The molecule has 18 heavy (non-hydrogen) atoms. The summed E-state index contributed by atoms with van der Waals surface area (Å²) in [6.07, 6.45) is 0. The van der Waals surface area contributed by atoms with Crippen molar-refractivity contribution in [2.75, 3.05) is 18.0 Å². The summed E-state index contributed by atoms with van der Waals surface area (Å²) in [7, 11) is 0. The highest BCUT2D eigenvalue weighted by molar-refractivity contribution is 7.13. The Bertz CT molecular complexity index is 413. The molecule has 1 rings (SSSR count). The van der Waals surface area contributed by atoms with Crippen LogP contribution in [0, 0.1) is 5.92 Å². The lowest BCUT2D eigenvalue weighted by atomic mass is 9.90. The predicted molar refractivity (Wildman–Crippen MR) is 75.5 cm³/mol. The number of aromatic nitrogens is 1. The van der Waals surface area contributed by atoms with Gasteiger partial charge in [0.15, 0.2) is 5.13 Å². The Hall–Kier alpha value is -1.10. The molecule has 0 fully saturated rings.